The normalized spacial score (nSPS) is 15.0. The van der Waals surface area contributed by atoms with Gasteiger partial charge in [0.2, 0.25) is 31.0 Å². The van der Waals surface area contributed by atoms with Crippen LogP contribution < -0.4 is 29.0 Å². The van der Waals surface area contributed by atoms with Crippen molar-refractivity contribution in [3.8, 4) is 28.7 Å². The van der Waals surface area contributed by atoms with Gasteiger partial charge in [0.15, 0.2) is 23.0 Å². The Labute approximate surface area is 239 Å². The van der Waals surface area contributed by atoms with Crippen LogP contribution in [0.25, 0.3) is 12.2 Å². The molecule has 10 heteroatoms. The van der Waals surface area contributed by atoms with E-state index in [-0.39, 0.29) is 25.3 Å². The number of hydrogen-bond acceptors (Lipinski definition) is 8. The summed E-state index contributed by atoms with van der Waals surface area (Å²) in [5.41, 5.74) is 4.17. The summed E-state index contributed by atoms with van der Waals surface area (Å²) in [6, 6.07) is 12.3. The highest BCUT2D eigenvalue weighted by atomic mass is 79.9. The summed E-state index contributed by atoms with van der Waals surface area (Å²) in [7, 11) is 3.46. The number of carbonyl (C=O) groups excluding carboxylic acids is 2. The number of allylic oxidation sites excluding steroid dienone is 1. The molecule has 9 nitrogen and oxygen atoms in total. The quantitative estimate of drug-likeness (QED) is 0.300. The number of Topliss-reactive ketones (excluding diaryl/α,β-unsaturated/α-hetero) is 1. The number of hydrogen-bond donors (Lipinski definition) is 1. The molecule has 1 amide bonds. The first-order valence-electron chi connectivity index (χ1n) is 12.6. The van der Waals surface area contributed by atoms with Gasteiger partial charge in [-0.15, -0.1) is 0 Å². The van der Waals surface area contributed by atoms with Gasteiger partial charge in [-0.3, -0.25) is 9.59 Å². The van der Waals surface area contributed by atoms with Crippen LogP contribution in [0, 0.1) is 0 Å². The van der Waals surface area contributed by atoms with Gasteiger partial charge < -0.3 is 33.9 Å². The lowest BCUT2D eigenvalue weighted by Crippen LogP contribution is -2.24. The van der Waals surface area contributed by atoms with E-state index < -0.39 is 0 Å². The van der Waals surface area contributed by atoms with Crippen molar-refractivity contribution >= 4 is 45.5 Å². The van der Waals surface area contributed by atoms with E-state index in [4.69, 9.17) is 23.7 Å². The molecule has 0 fully saturated rings. The molecule has 1 N–H and O–H groups in total. The van der Waals surface area contributed by atoms with Crippen LogP contribution in [-0.4, -0.2) is 50.9 Å². The summed E-state index contributed by atoms with van der Waals surface area (Å²) >= 11 is 3.66. The molecule has 0 spiro atoms. The summed E-state index contributed by atoms with van der Waals surface area (Å²) in [6.07, 6.45) is 5.65. The Morgan fingerprint density at radius 3 is 2.55 bits per heavy atom. The van der Waals surface area contributed by atoms with Gasteiger partial charge >= 0.3 is 0 Å². The van der Waals surface area contributed by atoms with Crippen LogP contribution in [0.15, 0.2) is 58.7 Å². The smallest absolute Gasteiger partial charge is 0.248 e. The third kappa shape index (κ3) is 4.75. The highest BCUT2D eigenvalue weighted by Gasteiger charge is 2.31. The minimum absolute atomic E-state index is 0.111. The third-order valence-electron chi connectivity index (χ3n) is 6.92. The van der Waals surface area contributed by atoms with E-state index in [9.17, 15) is 9.59 Å². The van der Waals surface area contributed by atoms with Crippen molar-refractivity contribution < 1.29 is 33.3 Å². The lowest BCUT2D eigenvalue weighted by atomic mass is 10.0. The Morgan fingerprint density at radius 2 is 1.75 bits per heavy atom. The van der Waals surface area contributed by atoms with Crippen molar-refractivity contribution in [2.24, 2.45) is 0 Å². The first kappa shape index (κ1) is 25.8. The fourth-order valence-electron chi connectivity index (χ4n) is 4.84. The van der Waals surface area contributed by atoms with Gasteiger partial charge in [0.25, 0.3) is 0 Å². The van der Waals surface area contributed by atoms with E-state index in [0.717, 1.165) is 21.2 Å². The molecule has 6 rings (SSSR count). The van der Waals surface area contributed by atoms with E-state index in [0.29, 0.717) is 58.7 Å². The molecule has 3 aromatic carbocycles. The molecule has 0 saturated carbocycles. The van der Waals surface area contributed by atoms with Crippen molar-refractivity contribution in [1.29, 1.82) is 0 Å². The topological polar surface area (TPSA) is 95.6 Å². The van der Waals surface area contributed by atoms with E-state index in [1.807, 2.05) is 30.2 Å². The van der Waals surface area contributed by atoms with Gasteiger partial charge in [-0.25, -0.2) is 0 Å². The average Bonchev–Trinajstić information content (AvgIpc) is 3.61. The van der Waals surface area contributed by atoms with Crippen molar-refractivity contribution in [3.63, 3.8) is 0 Å². The lowest BCUT2D eigenvalue weighted by molar-refractivity contribution is -0.111. The first-order chi connectivity index (χ1) is 19.4. The van der Waals surface area contributed by atoms with Crippen LogP contribution in [0.5, 0.6) is 28.7 Å². The Bertz CT molecular complexity index is 1580. The molecule has 0 aliphatic carbocycles. The standard InChI is InChI=1S/C30H25BrN2O7/c1-33-12-11-20-21(28(36-2)30-29(26(20)31)39-16-40-30)14-22(33)27(35)18-5-7-19(8-6-18)32-25(34)10-4-17-3-9-23-24(13-17)38-15-37-23/h3-10,13-14H,11-12,15-16H2,1-2H3,(H,32,34)/b10-4+. The summed E-state index contributed by atoms with van der Waals surface area (Å²) in [5.74, 6) is 2.57. The number of nitrogens with one attached hydrogen (secondary N) is 1. The fraction of sp³-hybridized carbons (Fsp3) is 0.200. The minimum Gasteiger partial charge on any atom is -0.492 e. The SMILES string of the molecule is COc1c2c(c(Br)c3c1OCO3)CCN(C)C(C(=O)c1ccc(NC(=O)/C=C/c3ccc4c(c3)OCO4)cc1)=C2. The number of benzene rings is 3. The summed E-state index contributed by atoms with van der Waals surface area (Å²) < 4.78 is 28.5. The molecule has 3 heterocycles. The lowest BCUT2D eigenvalue weighted by Gasteiger charge is -2.20. The van der Waals surface area contributed by atoms with Crippen LogP contribution in [0.3, 0.4) is 0 Å². The van der Waals surface area contributed by atoms with Gasteiger partial charge in [-0.1, -0.05) is 6.07 Å². The number of likely N-dealkylation sites (N-methyl/N-ethyl adjacent to an activating group) is 1. The maximum atomic E-state index is 13.6. The second-order valence-corrected chi connectivity index (χ2v) is 10.1. The van der Waals surface area contributed by atoms with Gasteiger partial charge in [-0.05, 0) is 82.0 Å². The predicted molar refractivity (Wildman–Crippen MR) is 152 cm³/mol. The Hall–Kier alpha value is -4.44. The Kier molecular flexibility index (Phi) is 6.85. The number of ketones is 1. The van der Waals surface area contributed by atoms with E-state index in [1.165, 1.54) is 6.08 Å². The van der Waals surface area contributed by atoms with E-state index >= 15 is 0 Å². The Morgan fingerprint density at radius 1 is 1.00 bits per heavy atom. The van der Waals surface area contributed by atoms with Crippen molar-refractivity contribution in [3.05, 3.63) is 81.0 Å². The van der Waals surface area contributed by atoms with Crippen molar-refractivity contribution in [1.82, 2.24) is 4.90 Å². The number of amides is 1. The van der Waals surface area contributed by atoms with E-state index in [1.54, 1.807) is 43.5 Å². The maximum Gasteiger partial charge on any atom is 0.248 e. The predicted octanol–water partition coefficient (Wildman–Crippen LogP) is 5.28. The summed E-state index contributed by atoms with van der Waals surface area (Å²) in [5, 5.41) is 2.82. The molecule has 3 aliphatic rings. The molecular weight excluding hydrogens is 580 g/mol. The number of halogens is 1. The molecule has 0 saturated heterocycles. The van der Waals surface area contributed by atoms with Gasteiger partial charge in [0.1, 0.15) is 0 Å². The van der Waals surface area contributed by atoms with Crippen LogP contribution in [0.1, 0.15) is 27.0 Å². The number of carbonyl (C=O) groups is 2. The number of nitrogens with zero attached hydrogens (tertiary/aromatic N) is 1. The van der Waals surface area contributed by atoms with Gasteiger partial charge in [0.05, 0.1) is 17.3 Å². The second-order valence-electron chi connectivity index (χ2n) is 9.35. The molecule has 0 aromatic heterocycles. The zero-order chi connectivity index (χ0) is 27.8. The zero-order valence-electron chi connectivity index (χ0n) is 21.8. The van der Waals surface area contributed by atoms with Crippen molar-refractivity contribution in [2.75, 3.05) is 39.6 Å². The monoisotopic (exact) mass is 604 g/mol. The number of anilines is 1. The largest absolute Gasteiger partial charge is 0.492 e. The molecular formula is C30H25BrN2O7. The number of fused-ring (bicyclic) bond motifs is 3. The Balaban J connectivity index is 1.20. The van der Waals surface area contributed by atoms with Crippen LogP contribution in [0.2, 0.25) is 0 Å². The number of ether oxygens (including phenoxy) is 5. The third-order valence-corrected chi connectivity index (χ3v) is 7.76. The fourth-order valence-corrected chi connectivity index (χ4v) is 5.54. The van der Waals surface area contributed by atoms with Crippen LogP contribution in [0.4, 0.5) is 5.69 Å². The number of rotatable bonds is 6. The molecule has 3 aromatic rings. The molecule has 0 atom stereocenters. The van der Waals surface area contributed by atoms with Gasteiger partial charge in [0, 0.05) is 36.5 Å². The first-order valence-corrected chi connectivity index (χ1v) is 13.4. The van der Waals surface area contributed by atoms with Gasteiger partial charge in [-0.2, -0.15) is 0 Å². The van der Waals surface area contributed by atoms with Crippen LogP contribution >= 0.6 is 15.9 Å². The van der Waals surface area contributed by atoms with Crippen LogP contribution in [-0.2, 0) is 11.2 Å². The molecule has 0 bridgehead atoms. The molecule has 204 valence electrons. The summed E-state index contributed by atoms with van der Waals surface area (Å²) in [4.78, 5) is 28.0. The minimum atomic E-state index is -0.295. The number of methoxy groups -OCH3 is 1. The molecule has 40 heavy (non-hydrogen) atoms. The molecule has 3 aliphatic heterocycles. The highest BCUT2D eigenvalue weighted by Crippen LogP contribution is 2.51. The zero-order valence-corrected chi connectivity index (χ0v) is 23.4. The second kappa shape index (κ2) is 10.6. The summed E-state index contributed by atoms with van der Waals surface area (Å²) in [6.45, 7) is 0.927. The molecule has 0 radical (unpaired) electrons. The van der Waals surface area contributed by atoms with E-state index in [2.05, 4.69) is 21.2 Å². The van der Waals surface area contributed by atoms with Crippen molar-refractivity contribution in [2.45, 2.75) is 6.42 Å². The molecule has 0 unspecified atom stereocenters. The highest BCUT2D eigenvalue weighted by molar-refractivity contribution is 9.10. The maximum absolute atomic E-state index is 13.6. The average molecular weight is 605 g/mol.